The average molecular weight is 781 g/mol. The average Bonchev–Trinajstić information content (AvgIpc) is 3.51. The molecule has 0 bridgehead atoms. The normalized spacial score (nSPS) is 50.7. The minimum atomic E-state index is -1.57. The van der Waals surface area contributed by atoms with Gasteiger partial charge in [0, 0.05) is 6.42 Å². The number of cyclic esters (lactones) is 1. The van der Waals surface area contributed by atoms with Crippen molar-refractivity contribution in [3.8, 4) is 0 Å². The summed E-state index contributed by atoms with van der Waals surface area (Å²) in [6.07, 6.45) is -4.12. The van der Waals surface area contributed by atoms with Gasteiger partial charge < -0.3 is 64.5 Å². The number of allylic oxidation sites excluding steroid dienone is 1. The smallest absolute Gasteiger partial charge is 0.336 e. The number of aliphatic hydroxyl groups excluding tert-OH is 8. The Labute approximate surface area is 323 Å². The van der Waals surface area contributed by atoms with E-state index in [0.29, 0.717) is 48.0 Å². The monoisotopic (exact) mass is 780 g/mol. The summed E-state index contributed by atoms with van der Waals surface area (Å²) in [4.78, 5) is 13.4. The van der Waals surface area contributed by atoms with Gasteiger partial charge in [-0.25, -0.2) is 4.79 Å². The summed E-state index contributed by atoms with van der Waals surface area (Å²) in [5.74, 6) is 1.95. The predicted octanol–water partition coefficient (Wildman–Crippen LogP) is 1.08. The fraction of sp³-hybridized carbons (Fsp3) is 0.878. The Balaban J connectivity index is 0.993. The van der Waals surface area contributed by atoms with Gasteiger partial charge in [0.2, 0.25) is 0 Å². The van der Waals surface area contributed by atoms with E-state index >= 15 is 0 Å². The van der Waals surface area contributed by atoms with Crippen LogP contribution in [-0.4, -0.2) is 140 Å². The van der Waals surface area contributed by atoms with E-state index < -0.39 is 80.6 Å². The number of esters is 1. The Morgan fingerprint density at radius 1 is 0.855 bits per heavy atom. The zero-order chi connectivity index (χ0) is 39.7. The topological polar surface area (TPSA) is 225 Å². The summed E-state index contributed by atoms with van der Waals surface area (Å²) in [5, 5.41) is 80.9. The van der Waals surface area contributed by atoms with Gasteiger partial charge in [-0.3, -0.25) is 0 Å². The molecule has 55 heavy (non-hydrogen) atoms. The number of carbonyl (C=O) groups excluding carboxylic acids is 1. The van der Waals surface area contributed by atoms with Crippen LogP contribution >= 0.6 is 0 Å². The van der Waals surface area contributed by atoms with Crippen LogP contribution < -0.4 is 0 Å². The number of hydrogen-bond acceptors (Lipinski definition) is 14. The highest BCUT2D eigenvalue weighted by molar-refractivity contribution is 5.90. The maximum atomic E-state index is 13.4. The summed E-state index contributed by atoms with van der Waals surface area (Å²) >= 11 is 0. The number of rotatable bonds is 9. The third-order valence-corrected chi connectivity index (χ3v) is 15.9. The molecule has 0 amide bonds. The molecule has 0 aromatic heterocycles. The van der Waals surface area contributed by atoms with Gasteiger partial charge in [-0.1, -0.05) is 44.9 Å². The summed E-state index contributed by atoms with van der Waals surface area (Å²) in [5.41, 5.74) is 2.68. The maximum absolute atomic E-state index is 13.4. The standard InChI is InChI=1S/C41H64O14/c1-18-12-28(53-37(50)24(18)17-51-38-35(48)33(46)31(44)29(15-42)54-38)20(3)25-8-9-26-23-7-6-21-14-22(52-39-36(49)34(47)32(45)30(16-43)55-39)13-19(2)41(21,5)27(23)10-11-40(25,26)4/h6,19-20,22-23,25-36,38-39,42-49H,7-17H2,1-5H3/t19-,20-,22-,23?,25?,26?,27?,28?,29+,30+,31+,32+,33-,34-,35+,36+,38+,39+,40+,41-/m0/s1. The predicted molar refractivity (Wildman–Crippen MR) is 194 cm³/mol. The molecule has 2 saturated heterocycles. The van der Waals surface area contributed by atoms with Crippen molar-refractivity contribution in [2.24, 2.45) is 46.3 Å². The van der Waals surface area contributed by atoms with Crippen LogP contribution in [0.1, 0.15) is 86.0 Å². The van der Waals surface area contributed by atoms with E-state index in [1.807, 2.05) is 6.92 Å². The Bertz CT molecular complexity index is 1470. The Morgan fingerprint density at radius 3 is 2.13 bits per heavy atom. The molecule has 3 aliphatic heterocycles. The van der Waals surface area contributed by atoms with Gasteiger partial charge in [-0.05, 0) is 98.2 Å². The number of carbonyl (C=O) groups is 1. The van der Waals surface area contributed by atoms with Crippen molar-refractivity contribution in [2.45, 2.75) is 160 Å². The minimum absolute atomic E-state index is 0.00191. The van der Waals surface area contributed by atoms with Gasteiger partial charge in [0.15, 0.2) is 12.6 Å². The van der Waals surface area contributed by atoms with Crippen molar-refractivity contribution < 1.29 is 69.3 Å². The van der Waals surface area contributed by atoms with Gasteiger partial charge in [-0.15, -0.1) is 0 Å². The van der Waals surface area contributed by atoms with Crippen molar-refractivity contribution in [2.75, 3.05) is 19.8 Å². The second kappa shape index (κ2) is 15.9. The maximum Gasteiger partial charge on any atom is 0.336 e. The highest BCUT2D eigenvalue weighted by Gasteiger charge is 2.61. The van der Waals surface area contributed by atoms with Crippen molar-refractivity contribution in [3.63, 3.8) is 0 Å². The Morgan fingerprint density at radius 2 is 1.49 bits per heavy atom. The van der Waals surface area contributed by atoms with Crippen LogP contribution in [0.5, 0.6) is 0 Å². The van der Waals surface area contributed by atoms with E-state index in [4.69, 9.17) is 23.7 Å². The third kappa shape index (κ3) is 7.07. The van der Waals surface area contributed by atoms with Crippen LogP contribution in [0.3, 0.4) is 0 Å². The molecule has 0 radical (unpaired) electrons. The molecule has 0 aromatic rings. The second-order valence-corrected chi connectivity index (χ2v) is 18.4. The molecule has 14 nitrogen and oxygen atoms in total. The lowest BCUT2D eigenvalue weighted by molar-refractivity contribution is -0.314. The van der Waals surface area contributed by atoms with Gasteiger partial charge >= 0.3 is 5.97 Å². The van der Waals surface area contributed by atoms with Crippen molar-refractivity contribution >= 4 is 5.97 Å². The summed E-state index contributed by atoms with van der Waals surface area (Å²) < 4.78 is 29.3. The highest BCUT2D eigenvalue weighted by Crippen LogP contribution is 2.68. The van der Waals surface area contributed by atoms with E-state index in [-0.39, 0.29) is 35.6 Å². The lowest BCUT2D eigenvalue weighted by atomic mass is 9.45. The van der Waals surface area contributed by atoms with Crippen LogP contribution in [0, 0.1) is 46.3 Å². The first-order valence-corrected chi connectivity index (χ1v) is 20.5. The zero-order valence-corrected chi connectivity index (χ0v) is 32.8. The molecule has 5 unspecified atom stereocenters. The van der Waals surface area contributed by atoms with E-state index in [2.05, 4.69) is 33.8 Å². The number of hydrogen-bond donors (Lipinski definition) is 8. The number of aliphatic hydroxyl groups is 8. The largest absolute Gasteiger partial charge is 0.458 e. The zero-order valence-electron chi connectivity index (χ0n) is 32.8. The molecule has 20 atom stereocenters. The molecule has 5 fully saturated rings. The second-order valence-electron chi connectivity index (χ2n) is 18.4. The SMILES string of the molecule is CC1=C(CO[C@@H]2O[C@H](CO)[C@@H](O)[C@H](O)[C@H]2O)C(=O)OC([C@@H](C)C2CCC3C4CC=C5C[C@@H](O[C@@H]6O[C@H](CO)[C@@H](O)[C@H](O)[C@H]6O)C[C@H](C)[C@]5(C)C4CC[C@@]32C)C1. The first-order valence-electron chi connectivity index (χ1n) is 20.5. The quantitative estimate of drug-likeness (QED) is 0.121. The molecule has 8 N–H and O–H groups in total. The molecule has 312 valence electrons. The molecular formula is C41H64O14. The minimum Gasteiger partial charge on any atom is -0.458 e. The first-order chi connectivity index (χ1) is 26.0. The molecule has 3 heterocycles. The van der Waals surface area contributed by atoms with E-state index in [1.54, 1.807) is 0 Å². The molecule has 0 spiro atoms. The molecule has 4 aliphatic carbocycles. The summed E-state index contributed by atoms with van der Waals surface area (Å²) in [7, 11) is 0. The van der Waals surface area contributed by atoms with Gasteiger partial charge in [0.1, 0.15) is 54.9 Å². The van der Waals surface area contributed by atoms with Crippen LogP contribution in [0.2, 0.25) is 0 Å². The number of fused-ring (bicyclic) bond motifs is 5. The fourth-order valence-electron chi connectivity index (χ4n) is 12.4. The molecule has 0 aromatic carbocycles. The summed E-state index contributed by atoms with van der Waals surface area (Å²) in [6.45, 7) is 10.0. The lowest BCUT2D eigenvalue weighted by Gasteiger charge is -2.60. The van der Waals surface area contributed by atoms with Crippen LogP contribution in [0.25, 0.3) is 0 Å². The summed E-state index contributed by atoms with van der Waals surface area (Å²) in [6, 6.07) is 0. The van der Waals surface area contributed by atoms with E-state index in [0.717, 1.165) is 44.1 Å². The van der Waals surface area contributed by atoms with E-state index in [9.17, 15) is 45.6 Å². The van der Waals surface area contributed by atoms with E-state index in [1.165, 1.54) is 5.57 Å². The van der Waals surface area contributed by atoms with Gasteiger partial charge in [0.05, 0.1) is 31.5 Å². The molecule has 7 rings (SSSR count). The van der Waals surface area contributed by atoms with Gasteiger partial charge in [0.25, 0.3) is 0 Å². The Kier molecular flexibility index (Phi) is 12.0. The van der Waals surface area contributed by atoms with Crippen molar-refractivity contribution in [3.05, 3.63) is 22.8 Å². The molecule has 14 heteroatoms. The van der Waals surface area contributed by atoms with Crippen LogP contribution in [0.4, 0.5) is 0 Å². The van der Waals surface area contributed by atoms with Crippen LogP contribution in [-0.2, 0) is 28.5 Å². The Hall–Kier alpha value is -1.53. The van der Waals surface area contributed by atoms with Crippen molar-refractivity contribution in [1.82, 2.24) is 0 Å². The first kappa shape index (κ1) is 41.6. The highest BCUT2D eigenvalue weighted by atomic mass is 16.7. The third-order valence-electron chi connectivity index (χ3n) is 15.9. The molecule has 7 aliphatic rings. The molecular weight excluding hydrogens is 716 g/mol. The van der Waals surface area contributed by atoms with Crippen LogP contribution in [0.15, 0.2) is 22.8 Å². The van der Waals surface area contributed by atoms with Gasteiger partial charge in [-0.2, -0.15) is 0 Å². The van der Waals surface area contributed by atoms with Crippen molar-refractivity contribution in [1.29, 1.82) is 0 Å². The molecule has 3 saturated carbocycles. The fourth-order valence-corrected chi connectivity index (χ4v) is 12.4. The lowest BCUT2D eigenvalue weighted by Crippen LogP contribution is -2.60. The number of ether oxygens (including phenoxy) is 5.